The Kier molecular flexibility index (Phi) is 13.5. The van der Waals surface area contributed by atoms with Gasteiger partial charge in [-0.15, -0.1) is 0 Å². The molecule has 0 aliphatic carbocycles. The number of hydrogen-bond donors (Lipinski definition) is 3. The molecule has 0 fully saturated rings. The molecule has 0 aromatic heterocycles. The molecular formula is C19H45N3. The van der Waals surface area contributed by atoms with Crippen LogP contribution in [0.3, 0.4) is 0 Å². The van der Waals surface area contributed by atoms with E-state index in [-0.39, 0.29) is 0 Å². The Morgan fingerprint density at radius 3 is 1.64 bits per heavy atom. The summed E-state index contributed by atoms with van der Waals surface area (Å²) >= 11 is 0. The van der Waals surface area contributed by atoms with Gasteiger partial charge in [0.05, 0.1) is 0 Å². The van der Waals surface area contributed by atoms with Crippen LogP contribution in [0.15, 0.2) is 0 Å². The Morgan fingerprint density at radius 1 is 0.773 bits per heavy atom. The summed E-state index contributed by atoms with van der Waals surface area (Å²) in [6.45, 7) is 18.3. The Hall–Kier alpha value is -0.120. The third-order valence-corrected chi connectivity index (χ3v) is 4.64. The first kappa shape index (κ1) is 24.1. The molecule has 0 aliphatic rings. The maximum atomic E-state index is 5.54. The second-order valence-corrected chi connectivity index (χ2v) is 8.65. The molecule has 0 aromatic carbocycles. The topological polar surface area (TPSA) is 78.1 Å². The van der Waals surface area contributed by atoms with Crippen LogP contribution in [0.1, 0.15) is 80.6 Å². The molecule has 2 unspecified atom stereocenters. The molecule has 0 aromatic rings. The third kappa shape index (κ3) is 14.8. The monoisotopic (exact) mass is 315 g/mol. The molecule has 136 valence electrons. The van der Waals surface area contributed by atoms with Gasteiger partial charge in [0.2, 0.25) is 0 Å². The lowest BCUT2D eigenvalue weighted by Crippen LogP contribution is -2.23. The van der Waals surface area contributed by atoms with Crippen molar-refractivity contribution in [2.45, 2.75) is 80.6 Å². The van der Waals surface area contributed by atoms with Gasteiger partial charge < -0.3 is 17.2 Å². The first-order valence-electron chi connectivity index (χ1n) is 9.13. The molecule has 22 heavy (non-hydrogen) atoms. The van der Waals surface area contributed by atoms with Crippen molar-refractivity contribution in [1.29, 1.82) is 0 Å². The van der Waals surface area contributed by atoms with E-state index in [0.29, 0.717) is 16.7 Å². The van der Waals surface area contributed by atoms with E-state index in [0.717, 1.165) is 32.0 Å². The SMILES string of the molecule is CC(CN)CC(C)(C)CCN.CCC(C)(C)CC(C)CCN. The predicted molar refractivity (Wildman–Crippen MR) is 102 cm³/mol. The second kappa shape index (κ2) is 12.3. The fourth-order valence-electron chi connectivity index (χ4n) is 2.99. The van der Waals surface area contributed by atoms with Crippen LogP contribution in [0.4, 0.5) is 0 Å². The molecule has 0 amide bonds. The van der Waals surface area contributed by atoms with Crippen LogP contribution in [0.2, 0.25) is 0 Å². The average Bonchev–Trinajstić information content (AvgIpc) is 2.38. The van der Waals surface area contributed by atoms with Gasteiger partial charge in [0.25, 0.3) is 0 Å². The fourth-order valence-corrected chi connectivity index (χ4v) is 2.99. The minimum Gasteiger partial charge on any atom is -0.330 e. The van der Waals surface area contributed by atoms with E-state index in [1.54, 1.807) is 0 Å². The molecule has 3 nitrogen and oxygen atoms in total. The summed E-state index contributed by atoms with van der Waals surface area (Å²) in [6, 6.07) is 0. The highest BCUT2D eigenvalue weighted by Gasteiger charge is 2.19. The molecule has 2 atom stereocenters. The molecule has 0 spiro atoms. The van der Waals surface area contributed by atoms with Crippen LogP contribution in [-0.4, -0.2) is 19.6 Å². The van der Waals surface area contributed by atoms with Crippen LogP contribution >= 0.6 is 0 Å². The van der Waals surface area contributed by atoms with E-state index in [2.05, 4.69) is 48.5 Å². The van der Waals surface area contributed by atoms with Crippen LogP contribution in [0.5, 0.6) is 0 Å². The summed E-state index contributed by atoms with van der Waals surface area (Å²) in [5.74, 6) is 1.41. The fraction of sp³-hybridized carbons (Fsp3) is 1.00. The number of hydrogen-bond acceptors (Lipinski definition) is 3. The van der Waals surface area contributed by atoms with Gasteiger partial charge in [-0.3, -0.25) is 0 Å². The van der Waals surface area contributed by atoms with E-state index in [1.165, 1.54) is 25.7 Å². The lowest BCUT2D eigenvalue weighted by atomic mass is 9.80. The van der Waals surface area contributed by atoms with Gasteiger partial charge in [-0.1, -0.05) is 54.9 Å². The largest absolute Gasteiger partial charge is 0.330 e. The first-order chi connectivity index (χ1) is 10.0. The zero-order chi connectivity index (χ0) is 17.8. The molecule has 0 aliphatic heterocycles. The van der Waals surface area contributed by atoms with Gasteiger partial charge in [0.15, 0.2) is 0 Å². The summed E-state index contributed by atoms with van der Waals surface area (Å²) < 4.78 is 0. The van der Waals surface area contributed by atoms with Crippen molar-refractivity contribution in [1.82, 2.24) is 0 Å². The quantitative estimate of drug-likeness (QED) is 0.567. The van der Waals surface area contributed by atoms with Crippen molar-refractivity contribution in [2.24, 2.45) is 39.9 Å². The minimum atomic E-state index is 0.369. The average molecular weight is 316 g/mol. The van der Waals surface area contributed by atoms with E-state index in [9.17, 15) is 0 Å². The third-order valence-electron chi connectivity index (χ3n) is 4.64. The number of rotatable bonds is 10. The second-order valence-electron chi connectivity index (χ2n) is 8.65. The van der Waals surface area contributed by atoms with Crippen LogP contribution in [0, 0.1) is 22.7 Å². The molecule has 0 heterocycles. The molecule has 0 rings (SSSR count). The zero-order valence-corrected chi connectivity index (χ0v) is 16.5. The van der Waals surface area contributed by atoms with Gasteiger partial charge in [-0.2, -0.15) is 0 Å². The Bertz CT molecular complexity index is 249. The Labute approximate surface area is 140 Å². The van der Waals surface area contributed by atoms with E-state index in [4.69, 9.17) is 17.2 Å². The predicted octanol–water partition coefficient (Wildman–Crippen LogP) is 4.14. The highest BCUT2D eigenvalue weighted by Crippen LogP contribution is 2.29. The normalized spacial score (nSPS) is 15.0. The lowest BCUT2D eigenvalue weighted by Gasteiger charge is -2.26. The minimum absolute atomic E-state index is 0.369. The summed E-state index contributed by atoms with van der Waals surface area (Å²) in [5.41, 5.74) is 17.4. The van der Waals surface area contributed by atoms with Crippen LogP contribution in [0.25, 0.3) is 0 Å². The molecule has 0 saturated carbocycles. The Balaban J connectivity index is 0. The van der Waals surface area contributed by atoms with Crippen LogP contribution in [-0.2, 0) is 0 Å². The highest BCUT2D eigenvalue weighted by molar-refractivity contribution is 4.72. The molecular weight excluding hydrogens is 270 g/mol. The van der Waals surface area contributed by atoms with Gasteiger partial charge >= 0.3 is 0 Å². The number of nitrogens with two attached hydrogens (primary N) is 3. The summed E-state index contributed by atoms with van der Waals surface area (Å²) in [5, 5.41) is 0. The molecule has 6 N–H and O–H groups in total. The standard InChI is InChI=1S/C10H23N.C9H22N2/c1-5-10(3,4)8-9(2)6-7-11;1-8(7-11)6-9(2,3)4-5-10/h9H,5-8,11H2,1-4H3;8H,4-7,10-11H2,1-3H3. The zero-order valence-electron chi connectivity index (χ0n) is 16.5. The van der Waals surface area contributed by atoms with Crippen molar-refractivity contribution >= 4 is 0 Å². The molecule has 3 heteroatoms. The highest BCUT2D eigenvalue weighted by atomic mass is 14.6. The van der Waals surface area contributed by atoms with E-state index < -0.39 is 0 Å². The van der Waals surface area contributed by atoms with Crippen molar-refractivity contribution in [2.75, 3.05) is 19.6 Å². The van der Waals surface area contributed by atoms with E-state index in [1.807, 2.05) is 0 Å². The molecule has 0 radical (unpaired) electrons. The van der Waals surface area contributed by atoms with Crippen molar-refractivity contribution in [3.05, 3.63) is 0 Å². The summed E-state index contributed by atoms with van der Waals surface area (Å²) in [4.78, 5) is 0. The van der Waals surface area contributed by atoms with Crippen LogP contribution < -0.4 is 17.2 Å². The smallest absolute Gasteiger partial charge is 0.00513 e. The maximum absolute atomic E-state index is 5.54. The molecule has 0 bridgehead atoms. The van der Waals surface area contributed by atoms with Crippen molar-refractivity contribution in [3.63, 3.8) is 0 Å². The van der Waals surface area contributed by atoms with Gasteiger partial charge in [-0.05, 0) is 68.0 Å². The van der Waals surface area contributed by atoms with Gasteiger partial charge in [0, 0.05) is 0 Å². The summed E-state index contributed by atoms with van der Waals surface area (Å²) in [7, 11) is 0. The Morgan fingerprint density at radius 2 is 1.27 bits per heavy atom. The van der Waals surface area contributed by atoms with Gasteiger partial charge in [0.1, 0.15) is 0 Å². The van der Waals surface area contributed by atoms with Crippen molar-refractivity contribution in [3.8, 4) is 0 Å². The lowest BCUT2D eigenvalue weighted by molar-refractivity contribution is 0.261. The maximum Gasteiger partial charge on any atom is -0.00513 e. The molecule has 0 saturated heterocycles. The van der Waals surface area contributed by atoms with Crippen molar-refractivity contribution < 1.29 is 0 Å². The van der Waals surface area contributed by atoms with E-state index >= 15 is 0 Å². The first-order valence-corrected chi connectivity index (χ1v) is 9.13. The summed E-state index contributed by atoms with van der Waals surface area (Å²) in [6.07, 6.45) is 6.02. The van der Waals surface area contributed by atoms with Gasteiger partial charge in [-0.25, -0.2) is 0 Å².